The van der Waals surface area contributed by atoms with Gasteiger partial charge in [-0.3, -0.25) is 9.69 Å². The number of methoxy groups -OCH3 is 2. The third-order valence-corrected chi connectivity index (χ3v) is 5.05. The van der Waals surface area contributed by atoms with Gasteiger partial charge in [-0.1, -0.05) is 12.1 Å². The summed E-state index contributed by atoms with van der Waals surface area (Å²) in [5.41, 5.74) is 2.08. The van der Waals surface area contributed by atoms with Crippen LogP contribution in [0.1, 0.15) is 24.1 Å². The minimum absolute atomic E-state index is 0.0318. The SMILES string of the molecule is COc1ccc(OC)c([C@H](C)NC(=O)CN(C)Cc2ccc(SC)cc2)c1. The van der Waals surface area contributed by atoms with Gasteiger partial charge in [0.05, 0.1) is 26.8 Å². The summed E-state index contributed by atoms with van der Waals surface area (Å²) in [7, 11) is 5.18. The topological polar surface area (TPSA) is 50.8 Å². The van der Waals surface area contributed by atoms with Gasteiger partial charge < -0.3 is 14.8 Å². The van der Waals surface area contributed by atoms with E-state index in [-0.39, 0.29) is 11.9 Å². The van der Waals surface area contributed by atoms with Gasteiger partial charge in [-0.15, -0.1) is 11.8 Å². The second-order valence-corrected chi connectivity index (χ2v) is 7.30. The predicted octanol–water partition coefficient (Wildman–Crippen LogP) is 3.73. The van der Waals surface area contributed by atoms with E-state index in [1.54, 1.807) is 26.0 Å². The monoisotopic (exact) mass is 388 g/mol. The fraction of sp³-hybridized carbons (Fsp3) is 0.381. The Balaban J connectivity index is 1.93. The van der Waals surface area contributed by atoms with Crippen molar-refractivity contribution in [3.05, 3.63) is 53.6 Å². The third kappa shape index (κ3) is 6.19. The fourth-order valence-electron chi connectivity index (χ4n) is 2.89. The van der Waals surface area contributed by atoms with Gasteiger partial charge in [0.25, 0.3) is 0 Å². The maximum atomic E-state index is 12.5. The van der Waals surface area contributed by atoms with Crippen molar-refractivity contribution in [2.24, 2.45) is 0 Å². The highest BCUT2D eigenvalue weighted by atomic mass is 32.2. The third-order valence-electron chi connectivity index (χ3n) is 4.31. The first kappa shape index (κ1) is 21.1. The number of carbonyl (C=O) groups is 1. The molecule has 2 aromatic rings. The van der Waals surface area contributed by atoms with Crippen molar-refractivity contribution < 1.29 is 14.3 Å². The molecule has 1 atom stereocenters. The molecule has 1 N–H and O–H groups in total. The molecule has 27 heavy (non-hydrogen) atoms. The summed E-state index contributed by atoms with van der Waals surface area (Å²) < 4.78 is 10.7. The molecule has 0 spiro atoms. The number of carbonyl (C=O) groups excluding carboxylic acids is 1. The maximum Gasteiger partial charge on any atom is 0.234 e. The van der Waals surface area contributed by atoms with Gasteiger partial charge in [0.1, 0.15) is 11.5 Å². The molecule has 0 heterocycles. The summed E-state index contributed by atoms with van der Waals surface area (Å²) in [6.45, 7) is 2.98. The molecular formula is C21H28N2O3S. The second-order valence-electron chi connectivity index (χ2n) is 6.42. The summed E-state index contributed by atoms with van der Waals surface area (Å²) in [6.07, 6.45) is 2.06. The molecule has 1 amide bonds. The molecule has 0 aliphatic heterocycles. The Labute approximate surface area is 166 Å². The van der Waals surface area contributed by atoms with Crippen LogP contribution in [0.5, 0.6) is 11.5 Å². The smallest absolute Gasteiger partial charge is 0.234 e. The lowest BCUT2D eigenvalue weighted by atomic mass is 10.1. The highest BCUT2D eigenvalue weighted by Gasteiger charge is 2.16. The van der Waals surface area contributed by atoms with Gasteiger partial charge in [-0.2, -0.15) is 0 Å². The zero-order chi connectivity index (χ0) is 19.8. The first-order chi connectivity index (χ1) is 13.0. The van der Waals surface area contributed by atoms with Gasteiger partial charge in [-0.25, -0.2) is 0 Å². The van der Waals surface area contributed by atoms with Crippen molar-refractivity contribution in [2.75, 3.05) is 34.1 Å². The Morgan fingerprint density at radius 1 is 1.15 bits per heavy atom. The number of nitrogens with one attached hydrogen (secondary N) is 1. The molecule has 0 aliphatic rings. The molecule has 0 aliphatic carbocycles. The Hall–Kier alpha value is -2.18. The van der Waals surface area contributed by atoms with E-state index in [4.69, 9.17) is 9.47 Å². The minimum atomic E-state index is -0.184. The number of benzene rings is 2. The summed E-state index contributed by atoms with van der Waals surface area (Å²) in [4.78, 5) is 15.7. The standard InChI is InChI=1S/C21H28N2O3S/c1-15(19-12-17(25-3)8-11-20(19)26-4)22-21(24)14-23(2)13-16-6-9-18(27-5)10-7-16/h6-12,15H,13-14H2,1-5H3,(H,22,24)/t15-/m0/s1. The maximum absolute atomic E-state index is 12.5. The van der Waals surface area contributed by atoms with Gasteiger partial charge in [0, 0.05) is 17.0 Å². The van der Waals surface area contributed by atoms with Crippen LogP contribution in [0, 0.1) is 0 Å². The number of amides is 1. The van der Waals surface area contributed by atoms with Crippen LogP contribution in [0.15, 0.2) is 47.4 Å². The van der Waals surface area contributed by atoms with E-state index in [1.165, 1.54) is 10.5 Å². The van der Waals surface area contributed by atoms with E-state index in [9.17, 15) is 4.79 Å². The molecular weight excluding hydrogens is 360 g/mol. The zero-order valence-electron chi connectivity index (χ0n) is 16.6. The first-order valence-corrected chi connectivity index (χ1v) is 10.0. The molecule has 0 aromatic heterocycles. The summed E-state index contributed by atoms with van der Waals surface area (Å²) in [5.74, 6) is 1.43. The number of likely N-dealkylation sites (N-methyl/N-ethyl adjacent to an activating group) is 1. The molecule has 146 valence electrons. The van der Waals surface area contributed by atoms with Crippen molar-refractivity contribution in [1.82, 2.24) is 10.2 Å². The Morgan fingerprint density at radius 3 is 2.44 bits per heavy atom. The lowest BCUT2D eigenvalue weighted by molar-refractivity contribution is -0.122. The number of rotatable bonds is 9. The molecule has 0 saturated carbocycles. The molecule has 6 heteroatoms. The normalized spacial score (nSPS) is 11.9. The van der Waals surface area contributed by atoms with Crippen molar-refractivity contribution >= 4 is 17.7 Å². The molecule has 5 nitrogen and oxygen atoms in total. The Morgan fingerprint density at radius 2 is 1.85 bits per heavy atom. The molecule has 0 unspecified atom stereocenters. The van der Waals surface area contributed by atoms with Crippen molar-refractivity contribution in [3.63, 3.8) is 0 Å². The van der Waals surface area contributed by atoms with Crippen molar-refractivity contribution in [2.45, 2.75) is 24.4 Å². The van der Waals surface area contributed by atoms with Crippen LogP contribution >= 0.6 is 11.8 Å². The van der Waals surface area contributed by atoms with Gasteiger partial charge in [-0.05, 0) is 56.1 Å². The van der Waals surface area contributed by atoms with Crippen LogP contribution in [0.2, 0.25) is 0 Å². The van der Waals surface area contributed by atoms with E-state index >= 15 is 0 Å². The quantitative estimate of drug-likeness (QED) is 0.663. The van der Waals surface area contributed by atoms with E-state index in [1.807, 2.05) is 37.1 Å². The summed E-state index contributed by atoms with van der Waals surface area (Å²) >= 11 is 1.72. The van der Waals surface area contributed by atoms with Gasteiger partial charge >= 0.3 is 0 Å². The number of nitrogens with zero attached hydrogens (tertiary/aromatic N) is 1. The molecule has 2 rings (SSSR count). The Bertz CT molecular complexity index is 750. The lowest BCUT2D eigenvalue weighted by Crippen LogP contribution is -2.36. The first-order valence-electron chi connectivity index (χ1n) is 8.79. The largest absolute Gasteiger partial charge is 0.497 e. The van der Waals surface area contributed by atoms with Crippen LogP contribution in [0.4, 0.5) is 0 Å². The van der Waals surface area contributed by atoms with Gasteiger partial charge in [0.2, 0.25) is 5.91 Å². The highest BCUT2D eigenvalue weighted by molar-refractivity contribution is 7.98. The second kappa shape index (κ2) is 10.2. The molecule has 2 aromatic carbocycles. The summed E-state index contributed by atoms with van der Waals surface area (Å²) in [5, 5.41) is 3.04. The predicted molar refractivity (Wildman–Crippen MR) is 111 cm³/mol. The number of ether oxygens (including phenoxy) is 2. The summed E-state index contributed by atoms with van der Waals surface area (Å²) in [6, 6.07) is 13.8. The molecule has 0 bridgehead atoms. The van der Waals surface area contributed by atoms with E-state index in [0.717, 1.165) is 23.6 Å². The number of hydrogen-bond donors (Lipinski definition) is 1. The van der Waals surface area contributed by atoms with Crippen molar-refractivity contribution in [3.8, 4) is 11.5 Å². The molecule has 0 saturated heterocycles. The highest BCUT2D eigenvalue weighted by Crippen LogP contribution is 2.29. The number of thioether (sulfide) groups is 1. The van der Waals surface area contributed by atoms with E-state index in [0.29, 0.717) is 6.54 Å². The van der Waals surface area contributed by atoms with Crippen LogP contribution in [-0.4, -0.2) is 44.9 Å². The minimum Gasteiger partial charge on any atom is -0.497 e. The van der Waals surface area contributed by atoms with Crippen molar-refractivity contribution in [1.29, 1.82) is 0 Å². The molecule has 0 radical (unpaired) electrons. The molecule has 0 fully saturated rings. The fourth-order valence-corrected chi connectivity index (χ4v) is 3.29. The van der Waals surface area contributed by atoms with E-state index < -0.39 is 0 Å². The van der Waals surface area contributed by atoms with Crippen LogP contribution < -0.4 is 14.8 Å². The Kier molecular flexibility index (Phi) is 8.00. The van der Waals surface area contributed by atoms with Crippen LogP contribution in [0.3, 0.4) is 0 Å². The van der Waals surface area contributed by atoms with Crippen LogP contribution in [0.25, 0.3) is 0 Å². The lowest BCUT2D eigenvalue weighted by Gasteiger charge is -2.21. The average Bonchev–Trinajstić information content (AvgIpc) is 2.67. The number of hydrogen-bond acceptors (Lipinski definition) is 5. The zero-order valence-corrected chi connectivity index (χ0v) is 17.4. The average molecular weight is 389 g/mol. The van der Waals surface area contributed by atoms with E-state index in [2.05, 4.69) is 35.8 Å². The van der Waals surface area contributed by atoms with Crippen LogP contribution in [-0.2, 0) is 11.3 Å². The van der Waals surface area contributed by atoms with Gasteiger partial charge in [0.15, 0.2) is 0 Å².